The van der Waals surface area contributed by atoms with Gasteiger partial charge in [-0.3, -0.25) is 0 Å². The van der Waals surface area contributed by atoms with E-state index in [4.69, 9.17) is 5.73 Å². The molecule has 7 rings (SSSR count). The van der Waals surface area contributed by atoms with Gasteiger partial charge in [-0.15, -0.1) is 11.8 Å². The van der Waals surface area contributed by atoms with E-state index in [1.807, 2.05) is 11.8 Å². The maximum atomic E-state index is 6.77. The molecule has 2 aromatic carbocycles. The summed E-state index contributed by atoms with van der Waals surface area (Å²) in [4.78, 5) is 1.41. The van der Waals surface area contributed by atoms with Crippen LogP contribution in [0, 0.1) is 5.92 Å². The standard InChI is InChI=1S/C31H30N2S/c1-19-13-15-22-21-7-2-4-10-26(21)33(28(22)17-19)27-11-6-9-25(32)31(27)20-14-16-24-23-8-3-5-12-29(23)34-30(24)18-20/h2-10,12,14,16,18-19,23,27,29H,11,13,15,17,32H2,1H3. The first kappa shape index (κ1) is 20.5. The summed E-state index contributed by atoms with van der Waals surface area (Å²) in [5.74, 6) is 1.22. The Kier molecular flexibility index (Phi) is 4.70. The molecule has 2 heterocycles. The summed E-state index contributed by atoms with van der Waals surface area (Å²) in [6.07, 6.45) is 18.1. The number of nitrogens with two attached hydrogens (primary N) is 1. The Morgan fingerprint density at radius 1 is 1.06 bits per heavy atom. The third kappa shape index (κ3) is 3.03. The number of rotatable bonds is 2. The number of allylic oxidation sites excluding steroid dienone is 6. The zero-order valence-corrected chi connectivity index (χ0v) is 20.4. The first-order chi connectivity index (χ1) is 16.7. The molecule has 0 spiro atoms. The topological polar surface area (TPSA) is 30.9 Å². The van der Waals surface area contributed by atoms with Crippen LogP contribution in [0.3, 0.4) is 0 Å². The zero-order chi connectivity index (χ0) is 22.8. The first-order valence-corrected chi connectivity index (χ1v) is 13.5. The lowest BCUT2D eigenvalue weighted by molar-refractivity contribution is 0.471. The van der Waals surface area contributed by atoms with Gasteiger partial charge in [0.2, 0.25) is 0 Å². The van der Waals surface area contributed by atoms with Gasteiger partial charge >= 0.3 is 0 Å². The molecule has 4 unspecified atom stereocenters. The molecule has 2 nitrogen and oxygen atoms in total. The summed E-state index contributed by atoms with van der Waals surface area (Å²) in [5, 5.41) is 1.95. The van der Waals surface area contributed by atoms with Gasteiger partial charge in [0, 0.05) is 43.9 Å². The summed E-state index contributed by atoms with van der Waals surface area (Å²) >= 11 is 2.00. The highest BCUT2D eigenvalue weighted by Crippen LogP contribution is 2.50. The minimum atomic E-state index is 0.232. The quantitative estimate of drug-likeness (QED) is 0.432. The average molecular weight is 463 g/mol. The Morgan fingerprint density at radius 3 is 2.88 bits per heavy atom. The minimum Gasteiger partial charge on any atom is -0.398 e. The van der Waals surface area contributed by atoms with Crippen molar-refractivity contribution in [2.24, 2.45) is 11.7 Å². The van der Waals surface area contributed by atoms with Gasteiger partial charge in [-0.2, -0.15) is 0 Å². The van der Waals surface area contributed by atoms with Crippen LogP contribution in [0.15, 0.2) is 89.5 Å². The number of hydrogen-bond acceptors (Lipinski definition) is 2. The highest BCUT2D eigenvalue weighted by atomic mass is 32.2. The molecule has 0 fully saturated rings. The average Bonchev–Trinajstić information content (AvgIpc) is 3.38. The number of nitrogens with zero attached hydrogens (tertiary/aromatic N) is 1. The maximum Gasteiger partial charge on any atom is 0.0649 e. The maximum absolute atomic E-state index is 6.77. The van der Waals surface area contributed by atoms with Crippen molar-refractivity contribution >= 4 is 28.2 Å². The molecule has 0 saturated carbocycles. The molecular formula is C31H30N2S. The van der Waals surface area contributed by atoms with Crippen LogP contribution in [-0.4, -0.2) is 9.82 Å². The normalized spacial score (nSPS) is 27.2. The molecule has 1 aromatic heterocycles. The van der Waals surface area contributed by atoms with Crippen molar-refractivity contribution in [3.05, 3.63) is 107 Å². The van der Waals surface area contributed by atoms with Gasteiger partial charge in [0.15, 0.2) is 0 Å². The van der Waals surface area contributed by atoms with E-state index in [0.717, 1.165) is 24.5 Å². The van der Waals surface area contributed by atoms with Crippen molar-refractivity contribution in [2.45, 2.75) is 54.7 Å². The summed E-state index contributed by atoms with van der Waals surface area (Å²) < 4.78 is 2.65. The summed E-state index contributed by atoms with van der Waals surface area (Å²) in [7, 11) is 0. The molecular weight excluding hydrogens is 432 g/mol. The third-order valence-corrected chi connectivity index (χ3v) is 9.53. The van der Waals surface area contributed by atoms with E-state index in [0.29, 0.717) is 11.2 Å². The molecule has 3 heteroatoms. The number of thioether (sulfide) groups is 1. The molecule has 1 aliphatic heterocycles. The van der Waals surface area contributed by atoms with E-state index in [1.165, 1.54) is 51.0 Å². The molecule has 170 valence electrons. The second-order valence-electron chi connectivity index (χ2n) is 10.3. The fourth-order valence-corrected chi connectivity index (χ4v) is 7.97. The summed E-state index contributed by atoms with van der Waals surface area (Å²) in [5.41, 5.74) is 16.2. The van der Waals surface area contributed by atoms with Crippen LogP contribution in [-0.2, 0) is 12.8 Å². The van der Waals surface area contributed by atoms with Crippen LogP contribution in [0.2, 0.25) is 0 Å². The molecule has 0 radical (unpaired) electrons. The van der Waals surface area contributed by atoms with E-state index in [9.17, 15) is 0 Å². The molecule has 0 bridgehead atoms. The van der Waals surface area contributed by atoms with E-state index in [-0.39, 0.29) is 6.04 Å². The predicted octanol–water partition coefficient (Wildman–Crippen LogP) is 7.32. The van der Waals surface area contributed by atoms with Gasteiger partial charge in [0.25, 0.3) is 0 Å². The lowest BCUT2D eigenvalue weighted by Crippen LogP contribution is -2.22. The van der Waals surface area contributed by atoms with Crippen molar-refractivity contribution in [2.75, 3.05) is 0 Å². The number of aromatic nitrogens is 1. The second kappa shape index (κ2) is 7.81. The van der Waals surface area contributed by atoms with Gasteiger partial charge in [0.1, 0.15) is 0 Å². The van der Waals surface area contributed by atoms with E-state index < -0.39 is 0 Å². The highest BCUT2D eigenvalue weighted by molar-refractivity contribution is 8.00. The molecule has 3 aromatic rings. The van der Waals surface area contributed by atoms with E-state index >= 15 is 0 Å². The SMILES string of the molecule is CC1CCc2c(n(C3CC=CC(N)=C3c3ccc4c(c3)SC3C=CC=CC43)c3ccccc23)C1. The molecule has 2 N–H and O–H groups in total. The Bertz CT molecular complexity index is 1430. The van der Waals surface area contributed by atoms with Crippen LogP contribution in [0.25, 0.3) is 16.5 Å². The number of fused-ring (bicyclic) bond motifs is 6. The van der Waals surface area contributed by atoms with E-state index in [1.54, 1.807) is 5.56 Å². The Hall–Kier alpha value is -2.91. The van der Waals surface area contributed by atoms with Gasteiger partial charge in [-0.05, 0) is 66.5 Å². The lowest BCUT2D eigenvalue weighted by atomic mass is 9.86. The van der Waals surface area contributed by atoms with Crippen molar-refractivity contribution < 1.29 is 0 Å². The van der Waals surface area contributed by atoms with Crippen LogP contribution in [0.5, 0.6) is 0 Å². The number of benzene rings is 2. The fourth-order valence-electron chi connectivity index (χ4n) is 6.59. The van der Waals surface area contributed by atoms with Crippen LogP contribution >= 0.6 is 11.8 Å². The van der Waals surface area contributed by atoms with Crippen molar-refractivity contribution in [3.8, 4) is 0 Å². The largest absolute Gasteiger partial charge is 0.398 e. The Labute approximate surface area is 205 Å². The highest BCUT2D eigenvalue weighted by Gasteiger charge is 2.33. The summed E-state index contributed by atoms with van der Waals surface area (Å²) in [6, 6.07) is 16.3. The summed E-state index contributed by atoms with van der Waals surface area (Å²) in [6.45, 7) is 2.40. The van der Waals surface area contributed by atoms with Gasteiger partial charge in [-0.1, -0.05) is 67.6 Å². The second-order valence-corrected chi connectivity index (χ2v) is 11.5. The van der Waals surface area contributed by atoms with Crippen molar-refractivity contribution in [3.63, 3.8) is 0 Å². The van der Waals surface area contributed by atoms with Crippen molar-refractivity contribution in [1.82, 2.24) is 4.57 Å². The van der Waals surface area contributed by atoms with E-state index in [2.05, 4.69) is 90.4 Å². The molecule has 0 saturated heterocycles. The first-order valence-electron chi connectivity index (χ1n) is 12.6. The molecule has 0 amide bonds. The van der Waals surface area contributed by atoms with Crippen molar-refractivity contribution in [1.29, 1.82) is 0 Å². The molecule has 4 aliphatic rings. The number of para-hydroxylation sites is 1. The van der Waals surface area contributed by atoms with Crippen LogP contribution in [0.1, 0.15) is 54.1 Å². The molecule has 34 heavy (non-hydrogen) atoms. The Morgan fingerprint density at radius 2 is 1.94 bits per heavy atom. The van der Waals surface area contributed by atoms with Crippen LogP contribution < -0.4 is 5.73 Å². The number of aryl methyl sites for hydroxylation is 1. The minimum absolute atomic E-state index is 0.232. The monoisotopic (exact) mass is 462 g/mol. The third-order valence-electron chi connectivity index (χ3n) is 8.20. The molecule has 3 aliphatic carbocycles. The van der Waals surface area contributed by atoms with Gasteiger partial charge < -0.3 is 10.3 Å². The Balaban J connectivity index is 1.38. The lowest BCUT2D eigenvalue weighted by Gasteiger charge is -2.31. The van der Waals surface area contributed by atoms with Gasteiger partial charge in [0.05, 0.1) is 6.04 Å². The predicted molar refractivity (Wildman–Crippen MR) is 144 cm³/mol. The van der Waals surface area contributed by atoms with Crippen LogP contribution in [0.4, 0.5) is 0 Å². The fraction of sp³-hybridized carbons (Fsp3) is 0.290. The molecule has 4 atom stereocenters. The zero-order valence-electron chi connectivity index (χ0n) is 19.6. The smallest absolute Gasteiger partial charge is 0.0649 e. The number of hydrogen-bond donors (Lipinski definition) is 1. The van der Waals surface area contributed by atoms with Gasteiger partial charge in [-0.25, -0.2) is 0 Å².